The summed E-state index contributed by atoms with van der Waals surface area (Å²) < 4.78 is 2.20. The van der Waals surface area contributed by atoms with E-state index in [1.807, 2.05) is 28.3 Å². The number of nitrogens with zero attached hydrogens (tertiary/aromatic N) is 9. The number of amides is 5. The van der Waals surface area contributed by atoms with Crippen LogP contribution in [-0.2, 0) is 29.4 Å². The Morgan fingerprint density at radius 3 is 2.35 bits per heavy atom. The molecular weight excluding hydrogens is 895 g/mol. The fourth-order valence-corrected chi connectivity index (χ4v) is 13.9. The Kier molecular flexibility index (Phi) is 10.8. The van der Waals surface area contributed by atoms with Gasteiger partial charge in [0.05, 0.1) is 34.3 Å². The number of pyridine rings is 2. The van der Waals surface area contributed by atoms with Crippen molar-refractivity contribution in [2.24, 2.45) is 17.3 Å². The second kappa shape index (κ2) is 17.1. The molecule has 3 atom stereocenters. The number of carbonyl (C=O) groups is 5. The number of fused-ring (bicyclic) bond motifs is 4. The number of aromatic nitrogens is 4. The highest BCUT2D eigenvalue weighted by Gasteiger charge is 2.67. The summed E-state index contributed by atoms with van der Waals surface area (Å²) in [5.74, 6) is 1.42. The molecule has 16 heteroatoms. The maximum atomic E-state index is 15.3. The van der Waals surface area contributed by atoms with Gasteiger partial charge in [-0.1, -0.05) is 24.6 Å². The molecular formula is C55H67N11O5. The highest BCUT2D eigenvalue weighted by Crippen LogP contribution is 2.60. The van der Waals surface area contributed by atoms with E-state index < -0.39 is 10.8 Å². The van der Waals surface area contributed by atoms with E-state index in [4.69, 9.17) is 9.97 Å². The molecule has 1 unspecified atom stereocenters. The Bertz CT molecular complexity index is 2810. The van der Waals surface area contributed by atoms with Crippen molar-refractivity contribution in [2.45, 2.75) is 139 Å². The molecule has 2 N–H and O–H groups in total. The van der Waals surface area contributed by atoms with E-state index in [2.05, 4.69) is 73.0 Å². The normalized spacial score (nSPS) is 28.6. The lowest BCUT2D eigenvalue weighted by molar-refractivity contribution is -0.142. The molecule has 4 aromatic rings. The predicted octanol–water partition coefficient (Wildman–Crippen LogP) is 6.16. The first-order chi connectivity index (χ1) is 34.5. The van der Waals surface area contributed by atoms with Crippen LogP contribution in [0.5, 0.6) is 0 Å². The summed E-state index contributed by atoms with van der Waals surface area (Å²) in [5, 5.41) is 6.14. The van der Waals surface area contributed by atoms with Crippen LogP contribution in [0.1, 0.15) is 127 Å². The van der Waals surface area contributed by atoms with Gasteiger partial charge in [0.25, 0.3) is 0 Å². The van der Waals surface area contributed by atoms with Gasteiger partial charge in [-0.2, -0.15) is 0 Å². The van der Waals surface area contributed by atoms with Crippen LogP contribution in [0.25, 0.3) is 22.3 Å². The number of likely N-dealkylation sites (tertiary alicyclic amines) is 3. The zero-order chi connectivity index (χ0) is 48.3. The maximum absolute atomic E-state index is 15.3. The summed E-state index contributed by atoms with van der Waals surface area (Å²) in [7, 11) is 0. The van der Waals surface area contributed by atoms with Crippen LogP contribution in [0.2, 0.25) is 0 Å². The van der Waals surface area contributed by atoms with Crippen molar-refractivity contribution in [3.05, 3.63) is 60.0 Å². The van der Waals surface area contributed by atoms with E-state index in [0.717, 1.165) is 95.9 Å². The molecule has 16 nitrogen and oxygen atoms in total. The van der Waals surface area contributed by atoms with E-state index in [9.17, 15) is 19.2 Å². The van der Waals surface area contributed by atoms with Crippen molar-refractivity contribution in [1.29, 1.82) is 0 Å². The van der Waals surface area contributed by atoms with Gasteiger partial charge in [-0.05, 0) is 139 Å². The molecule has 0 bridgehead atoms. The Morgan fingerprint density at radius 1 is 0.845 bits per heavy atom. The van der Waals surface area contributed by atoms with Gasteiger partial charge >= 0.3 is 0 Å². The van der Waals surface area contributed by atoms with Crippen molar-refractivity contribution >= 4 is 57.9 Å². The first kappa shape index (κ1) is 45.0. The molecule has 71 heavy (non-hydrogen) atoms. The third-order valence-electron chi connectivity index (χ3n) is 18.5. The number of nitrogens with one attached hydrogen (secondary N) is 2. The van der Waals surface area contributed by atoms with Gasteiger partial charge in [-0.15, -0.1) is 0 Å². The molecule has 6 aliphatic heterocycles. The van der Waals surface area contributed by atoms with Gasteiger partial charge in [0, 0.05) is 93.2 Å². The number of carbonyl (C=O) groups excluding carboxylic acids is 5. The standard InChI is InChI=1S/C55H67N11O5/c1-33(2)65-32-57-44-27-43(59-49(48(44)65)58-38-8-9-38)35-6-11-42-45(24-35)66(40-25-39(26-40)61-18-4-3-5-19-61)53(71)54(42)16-22-63(23-17-54)52(70)55-28-37(55)30-64(31-55)51(69)34-14-20-62(21-15-34)46-12-7-36(29-56-46)41-10-13-47(67)60-50(41)68/h6-7,11-12,24,27,29,32-34,37-41H,3-5,8-10,13-23,25-26,28,30-31H2,1-2H3,(H,58,59)(H,60,67,68)/t37-,39-,40+,41?,55-/m1/s1. The number of anilines is 3. The molecule has 372 valence electrons. The van der Waals surface area contributed by atoms with Crippen LogP contribution in [0, 0.1) is 17.3 Å². The molecule has 9 aliphatic rings. The number of rotatable bonds is 10. The monoisotopic (exact) mass is 962 g/mol. The quantitative estimate of drug-likeness (QED) is 0.175. The largest absolute Gasteiger partial charge is 0.366 e. The summed E-state index contributed by atoms with van der Waals surface area (Å²) in [6, 6.07) is 13.9. The summed E-state index contributed by atoms with van der Waals surface area (Å²) in [4.78, 5) is 93.9. The number of imidazole rings is 1. The molecule has 3 aliphatic carbocycles. The smallest absolute Gasteiger partial charge is 0.238 e. The average Bonchev–Trinajstić information content (AvgIpc) is 4.22. The highest BCUT2D eigenvalue weighted by molar-refractivity contribution is 6.10. The first-order valence-electron chi connectivity index (χ1n) is 27.0. The van der Waals surface area contributed by atoms with E-state index in [1.54, 1.807) is 6.20 Å². The van der Waals surface area contributed by atoms with Crippen molar-refractivity contribution in [3.63, 3.8) is 0 Å². The van der Waals surface area contributed by atoms with E-state index in [-0.39, 0.29) is 59.4 Å². The lowest BCUT2D eigenvalue weighted by Gasteiger charge is -2.48. The van der Waals surface area contributed by atoms with Gasteiger partial charge in [0.2, 0.25) is 29.5 Å². The molecule has 5 amide bonds. The molecule has 9 heterocycles. The number of imide groups is 1. The van der Waals surface area contributed by atoms with E-state index in [1.165, 1.54) is 19.3 Å². The Balaban J connectivity index is 0.689. The SMILES string of the molecule is CC(C)n1cnc2cc(-c3ccc4c(c3)N([C@H]3C[C@@H](N5CCCCC5)C3)C(=O)C43CCN(C(=O)[C@@]45C[C@@H]4CN(C(=O)C4CCN(c6ccc(C7CCC(=O)NC7=O)cn6)CC4)C5)CC3)nc(NC3CC3)c21. The van der Waals surface area contributed by atoms with Gasteiger partial charge in [-0.25, -0.2) is 15.0 Å². The molecule has 0 radical (unpaired) electrons. The summed E-state index contributed by atoms with van der Waals surface area (Å²) in [5.41, 5.74) is 5.48. The van der Waals surface area contributed by atoms with Crippen molar-refractivity contribution in [3.8, 4) is 11.3 Å². The Morgan fingerprint density at radius 2 is 1.63 bits per heavy atom. The highest BCUT2D eigenvalue weighted by atomic mass is 16.2. The summed E-state index contributed by atoms with van der Waals surface area (Å²) >= 11 is 0. The summed E-state index contributed by atoms with van der Waals surface area (Å²) in [6.07, 6.45) is 16.0. The molecule has 5 saturated heterocycles. The topological polar surface area (TPSA) is 169 Å². The predicted molar refractivity (Wildman–Crippen MR) is 269 cm³/mol. The number of hydrogen-bond donors (Lipinski definition) is 2. The van der Waals surface area contributed by atoms with E-state index >= 15 is 4.79 Å². The first-order valence-corrected chi connectivity index (χ1v) is 27.0. The number of benzene rings is 1. The van der Waals surface area contributed by atoms with Crippen LogP contribution in [0.4, 0.5) is 17.3 Å². The Hall–Kier alpha value is -5.90. The fraction of sp³-hybridized carbons (Fsp3) is 0.600. The third kappa shape index (κ3) is 7.62. The minimum Gasteiger partial charge on any atom is -0.366 e. The van der Waals surface area contributed by atoms with Crippen molar-refractivity contribution < 1.29 is 24.0 Å². The second-order valence-electron chi connectivity index (χ2n) is 23.0. The molecule has 1 aromatic carbocycles. The van der Waals surface area contributed by atoms with Crippen LogP contribution in [0.15, 0.2) is 48.9 Å². The van der Waals surface area contributed by atoms with Crippen LogP contribution in [0.3, 0.4) is 0 Å². The van der Waals surface area contributed by atoms with Crippen molar-refractivity contribution in [2.75, 3.05) is 67.5 Å². The fourth-order valence-electron chi connectivity index (χ4n) is 13.9. The summed E-state index contributed by atoms with van der Waals surface area (Å²) in [6.45, 7) is 10.2. The van der Waals surface area contributed by atoms with Gasteiger partial charge in [0.1, 0.15) is 11.3 Å². The minimum atomic E-state index is -0.689. The van der Waals surface area contributed by atoms with Gasteiger partial charge < -0.3 is 34.4 Å². The molecule has 8 fully saturated rings. The van der Waals surface area contributed by atoms with Crippen LogP contribution >= 0.6 is 0 Å². The maximum Gasteiger partial charge on any atom is 0.238 e. The molecule has 13 rings (SSSR count). The van der Waals surface area contributed by atoms with Crippen LogP contribution < -0.4 is 20.4 Å². The zero-order valence-corrected chi connectivity index (χ0v) is 41.3. The number of hydrogen-bond acceptors (Lipinski definition) is 11. The molecule has 3 saturated carbocycles. The Labute approximate surface area is 415 Å². The van der Waals surface area contributed by atoms with Gasteiger partial charge in [-0.3, -0.25) is 29.3 Å². The lowest BCUT2D eigenvalue weighted by atomic mass is 9.73. The lowest BCUT2D eigenvalue weighted by Crippen LogP contribution is -2.58. The molecule has 1 spiro atoms. The van der Waals surface area contributed by atoms with Crippen LogP contribution in [-0.4, -0.2) is 134 Å². The molecule has 3 aromatic heterocycles. The van der Waals surface area contributed by atoms with Crippen molar-refractivity contribution in [1.82, 2.24) is 39.5 Å². The zero-order valence-electron chi connectivity index (χ0n) is 41.3. The minimum absolute atomic E-state index is 0.0973. The van der Waals surface area contributed by atoms with Gasteiger partial charge in [0.15, 0.2) is 5.82 Å². The number of piperidine rings is 5. The average molecular weight is 962 g/mol. The second-order valence-corrected chi connectivity index (χ2v) is 23.0. The van der Waals surface area contributed by atoms with E-state index in [0.29, 0.717) is 89.9 Å². The third-order valence-corrected chi connectivity index (χ3v) is 18.5.